The molecule has 2 aromatic rings. The third kappa shape index (κ3) is 4.59. The molecule has 0 aromatic heterocycles. The van der Waals surface area contributed by atoms with Crippen molar-refractivity contribution in [1.29, 1.82) is 0 Å². The predicted octanol–water partition coefficient (Wildman–Crippen LogP) is 4.40. The standard InChI is InChI=1S/C13H8Cl2F3NO4S/c14-7-4-10(15)12(20)11(5-7)24(21,22)19-8-2-1-3-9(6-8)23-13(16,17)18/h1-6,19-20H. The smallest absolute Gasteiger partial charge is 0.505 e. The fraction of sp³-hybridized carbons (Fsp3) is 0.0769. The van der Waals surface area contributed by atoms with E-state index in [0.29, 0.717) is 0 Å². The Morgan fingerprint density at radius 3 is 2.42 bits per heavy atom. The van der Waals surface area contributed by atoms with Crippen LogP contribution in [0.4, 0.5) is 18.9 Å². The van der Waals surface area contributed by atoms with Crippen LogP contribution in [0.2, 0.25) is 10.0 Å². The summed E-state index contributed by atoms with van der Waals surface area (Å²) < 4.78 is 66.8. The summed E-state index contributed by atoms with van der Waals surface area (Å²) in [6.07, 6.45) is -4.92. The molecule has 0 radical (unpaired) electrons. The van der Waals surface area contributed by atoms with Crippen LogP contribution in [0.3, 0.4) is 0 Å². The van der Waals surface area contributed by atoms with Crippen LogP contribution in [-0.2, 0) is 10.0 Å². The Morgan fingerprint density at radius 2 is 1.79 bits per heavy atom. The van der Waals surface area contributed by atoms with Gasteiger partial charge in [0.05, 0.1) is 10.7 Å². The Balaban J connectivity index is 2.35. The van der Waals surface area contributed by atoms with Crippen LogP contribution in [0.5, 0.6) is 11.5 Å². The second-order valence-electron chi connectivity index (χ2n) is 4.42. The van der Waals surface area contributed by atoms with Crippen LogP contribution in [-0.4, -0.2) is 19.9 Å². The van der Waals surface area contributed by atoms with E-state index in [2.05, 4.69) is 4.74 Å². The zero-order valence-electron chi connectivity index (χ0n) is 11.4. The minimum Gasteiger partial charge on any atom is -0.505 e. The first-order chi connectivity index (χ1) is 11.0. The third-order valence-electron chi connectivity index (χ3n) is 2.60. The van der Waals surface area contributed by atoms with Gasteiger partial charge in [-0.05, 0) is 24.3 Å². The Bertz CT molecular complexity index is 872. The van der Waals surface area contributed by atoms with Gasteiger partial charge in [-0.25, -0.2) is 8.42 Å². The number of anilines is 1. The maximum Gasteiger partial charge on any atom is 0.573 e. The van der Waals surface area contributed by atoms with E-state index in [4.69, 9.17) is 23.2 Å². The van der Waals surface area contributed by atoms with Gasteiger partial charge in [-0.2, -0.15) is 0 Å². The van der Waals surface area contributed by atoms with Gasteiger partial charge in [0.1, 0.15) is 10.6 Å². The molecular weight excluding hydrogens is 394 g/mol. The number of benzene rings is 2. The number of alkyl halides is 3. The Hall–Kier alpha value is -1.84. The monoisotopic (exact) mass is 401 g/mol. The van der Waals surface area contributed by atoms with Crippen LogP contribution >= 0.6 is 23.2 Å². The molecule has 0 atom stereocenters. The van der Waals surface area contributed by atoms with Gasteiger partial charge in [-0.15, -0.1) is 13.2 Å². The number of aromatic hydroxyl groups is 1. The Morgan fingerprint density at radius 1 is 1.12 bits per heavy atom. The van der Waals surface area contributed by atoms with Crippen molar-refractivity contribution in [3.05, 3.63) is 46.4 Å². The van der Waals surface area contributed by atoms with Crippen molar-refractivity contribution in [3.8, 4) is 11.5 Å². The average molecular weight is 402 g/mol. The Labute approximate surface area is 144 Å². The molecule has 2 rings (SSSR count). The van der Waals surface area contributed by atoms with Crippen molar-refractivity contribution in [2.75, 3.05) is 4.72 Å². The molecule has 2 aromatic carbocycles. The van der Waals surface area contributed by atoms with Gasteiger partial charge in [0.25, 0.3) is 10.0 Å². The molecule has 0 heterocycles. The van der Waals surface area contributed by atoms with E-state index in [9.17, 15) is 26.7 Å². The summed E-state index contributed by atoms with van der Waals surface area (Å²) in [5, 5.41) is 9.42. The summed E-state index contributed by atoms with van der Waals surface area (Å²) in [6, 6.07) is 6.26. The molecule has 0 aliphatic carbocycles. The maximum absolute atomic E-state index is 12.3. The summed E-state index contributed by atoms with van der Waals surface area (Å²) >= 11 is 11.4. The molecule has 0 saturated carbocycles. The molecule has 2 N–H and O–H groups in total. The first kappa shape index (κ1) is 18.5. The lowest BCUT2D eigenvalue weighted by Gasteiger charge is -2.13. The second-order valence-corrected chi connectivity index (χ2v) is 6.91. The minimum atomic E-state index is -4.92. The molecule has 11 heteroatoms. The lowest BCUT2D eigenvalue weighted by Crippen LogP contribution is -2.17. The zero-order valence-corrected chi connectivity index (χ0v) is 13.8. The van der Waals surface area contributed by atoms with Crippen LogP contribution in [0.25, 0.3) is 0 Å². The molecule has 130 valence electrons. The molecule has 0 aliphatic heterocycles. The highest BCUT2D eigenvalue weighted by atomic mass is 35.5. The lowest BCUT2D eigenvalue weighted by atomic mass is 10.3. The topological polar surface area (TPSA) is 75.6 Å². The highest BCUT2D eigenvalue weighted by Gasteiger charge is 2.31. The van der Waals surface area contributed by atoms with Crippen molar-refractivity contribution < 1.29 is 31.4 Å². The van der Waals surface area contributed by atoms with Crippen LogP contribution in [0.15, 0.2) is 41.3 Å². The van der Waals surface area contributed by atoms with E-state index in [0.717, 1.165) is 30.3 Å². The summed E-state index contributed by atoms with van der Waals surface area (Å²) in [5.74, 6) is -1.35. The zero-order chi connectivity index (χ0) is 18.1. The van der Waals surface area contributed by atoms with Crippen molar-refractivity contribution in [2.24, 2.45) is 0 Å². The largest absolute Gasteiger partial charge is 0.573 e. The normalized spacial score (nSPS) is 12.0. The third-order valence-corrected chi connectivity index (χ3v) is 4.50. The number of phenolic OH excluding ortho intramolecular Hbond substituents is 1. The van der Waals surface area contributed by atoms with E-state index in [-0.39, 0.29) is 15.7 Å². The molecule has 0 unspecified atom stereocenters. The van der Waals surface area contributed by atoms with E-state index >= 15 is 0 Å². The van der Waals surface area contributed by atoms with E-state index in [1.165, 1.54) is 6.07 Å². The minimum absolute atomic E-state index is 0.0488. The molecule has 0 amide bonds. The van der Waals surface area contributed by atoms with Gasteiger partial charge in [-0.3, -0.25) is 4.72 Å². The van der Waals surface area contributed by atoms with Gasteiger partial charge >= 0.3 is 6.36 Å². The van der Waals surface area contributed by atoms with Gasteiger partial charge in [0.2, 0.25) is 0 Å². The molecule has 24 heavy (non-hydrogen) atoms. The molecule has 0 bridgehead atoms. The fourth-order valence-corrected chi connectivity index (χ4v) is 3.52. The highest BCUT2D eigenvalue weighted by Crippen LogP contribution is 2.35. The Kier molecular flexibility index (Phi) is 5.07. The van der Waals surface area contributed by atoms with E-state index in [1.807, 2.05) is 4.72 Å². The molecular formula is C13H8Cl2F3NO4S. The molecule has 0 fully saturated rings. The number of halogens is 5. The predicted molar refractivity (Wildman–Crippen MR) is 82.1 cm³/mol. The first-order valence-corrected chi connectivity index (χ1v) is 8.28. The number of nitrogens with one attached hydrogen (secondary N) is 1. The van der Waals surface area contributed by atoms with Crippen molar-refractivity contribution in [3.63, 3.8) is 0 Å². The van der Waals surface area contributed by atoms with Crippen LogP contribution < -0.4 is 9.46 Å². The summed E-state index contributed by atoms with van der Waals surface area (Å²) in [7, 11) is -4.36. The van der Waals surface area contributed by atoms with Gasteiger partial charge in [-0.1, -0.05) is 29.3 Å². The first-order valence-electron chi connectivity index (χ1n) is 6.04. The SMILES string of the molecule is O=S(=O)(Nc1cccc(OC(F)(F)F)c1)c1cc(Cl)cc(Cl)c1O. The van der Waals surface area contributed by atoms with E-state index in [1.54, 1.807) is 0 Å². The molecule has 0 aliphatic rings. The van der Waals surface area contributed by atoms with E-state index < -0.39 is 32.8 Å². The summed E-state index contributed by atoms with van der Waals surface area (Å²) in [6.45, 7) is 0. The molecule has 5 nitrogen and oxygen atoms in total. The lowest BCUT2D eigenvalue weighted by molar-refractivity contribution is -0.274. The number of ether oxygens (including phenoxy) is 1. The van der Waals surface area contributed by atoms with Crippen LogP contribution in [0.1, 0.15) is 0 Å². The molecule has 0 saturated heterocycles. The fourth-order valence-electron chi connectivity index (χ4n) is 1.71. The maximum atomic E-state index is 12.3. The number of hydrogen-bond acceptors (Lipinski definition) is 4. The number of rotatable bonds is 4. The second kappa shape index (κ2) is 6.58. The molecule has 0 spiro atoms. The van der Waals surface area contributed by atoms with Gasteiger partial charge < -0.3 is 9.84 Å². The quantitative estimate of drug-likeness (QED) is 0.795. The van der Waals surface area contributed by atoms with Crippen molar-refractivity contribution in [2.45, 2.75) is 11.3 Å². The van der Waals surface area contributed by atoms with Gasteiger partial charge in [0, 0.05) is 11.1 Å². The summed E-state index contributed by atoms with van der Waals surface area (Å²) in [4.78, 5) is -0.623. The van der Waals surface area contributed by atoms with Crippen molar-refractivity contribution >= 4 is 38.9 Å². The number of hydrogen-bond donors (Lipinski definition) is 2. The van der Waals surface area contributed by atoms with Gasteiger partial charge in [0.15, 0.2) is 5.75 Å². The number of sulfonamides is 1. The number of phenols is 1. The van der Waals surface area contributed by atoms with Crippen LogP contribution in [0, 0.1) is 0 Å². The average Bonchev–Trinajstić information content (AvgIpc) is 2.40. The summed E-state index contributed by atoms with van der Waals surface area (Å²) in [5.41, 5.74) is -0.216. The van der Waals surface area contributed by atoms with Crippen molar-refractivity contribution in [1.82, 2.24) is 0 Å². The highest BCUT2D eigenvalue weighted by molar-refractivity contribution is 7.92.